The Labute approximate surface area is 89.1 Å². The predicted octanol–water partition coefficient (Wildman–Crippen LogP) is 2.91. The van der Waals surface area contributed by atoms with Gasteiger partial charge in [-0.25, -0.2) is 0 Å². The van der Waals surface area contributed by atoms with Crippen LogP contribution in [0.3, 0.4) is 0 Å². The van der Waals surface area contributed by atoms with Crippen molar-refractivity contribution in [2.75, 3.05) is 6.26 Å². The second-order valence-electron chi connectivity index (χ2n) is 3.50. The van der Waals surface area contributed by atoms with Crippen LogP contribution in [0.25, 0.3) is 0 Å². The van der Waals surface area contributed by atoms with E-state index in [2.05, 4.69) is 18.2 Å². The lowest BCUT2D eigenvalue weighted by Crippen LogP contribution is -2.00. The number of aromatic nitrogens is 1. The number of hydrogen-bond acceptors (Lipinski definition) is 3. The Kier molecular flexibility index (Phi) is 2.96. The first-order valence-corrected chi connectivity index (χ1v) is 6.25. The van der Waals surface area contributed by atoms with Gasteiger partial charge in [0.1, 0.15) is 0 Å². The average molecular weight is 209 g/mol. The Morgan fingerprint density at radius 1 is 1.50 bits per heavy atom. The van der Waals surface area contributed by atoms with Crippen molar-refractivity contribution in [1.29, 1.82) is 0 Å². The summed E-state index contributed by atoms with van der Waals surface area (Å²) in [6.07, 6.45) is 9.73. The third-order valence-electron chi connectivity index (χ3n) is 2.34. The Hall–Kier alpha value is -0.700. The summed E-state index contributed by atoms with van der Waals surface area (Å²) in [7, 11) is 0. The quantitative estimate of drug-likeness (QED) is 0.712. The van der Waals surface area contributed by atoms with Gasteiger partial charge in [-0.2, -0.15) is 0 Å². The third-order valence-corrected chi connectivity index (χ3v) is 3.21. The van der Waals surface area contributed by atoms with Gasteiger partial charge in [-0.05, 0) is 31.1 Å². The van der Waals surface area contributed by atoms with Crippen molar-refractivity contribution in [2.45, 2.75) is 37.2 Å². The molecule has 0 atom stereocenters. The fourth-order valence-corrected chi connectivity index (χ4v) is 2.16. The first-order chi connectivity index (χ1) is 6.85. The maximum Gasteiger partial charge on any atom is 0.151 e. The van der Waals surface area contributed by atoms with E-state index < -0.39 is 0 Å². The first-order valence-electron chi connectivity index (χ1n) is 5.02. The van der Waals surface area contributed by atoms with Gasteiger partial charge in [0.15, 0.2) is 5.75 Å². The molecule has 0 radical (unpaired) electrons. The van der Waals surface area contributed by atoms with E-state index in [0.717, 1.165) is 12.2 Å². The highest BCUT2D eigenvalue weighted by Gasteiger charge is 2.25. The SMILES string of the molecule is CCc1cncc(OC2CC2)c1SC. The molecule has 0 unspecified atom stereocenters. The number of ether oxygens (including phenoxy) is 1. The fourth-order valence-electron chi connectivity index (χ4n) is 1.40. The second kappa shape index (κ2) is 4.22. The minimum absolute atomic E-state index is 0.454. The van der Waals surface area contributed by atoms with Crippen molar-refractivity contribution in [3.63, 3.8) is 0 Å². The summed E-state index contributed by atoms with van der Waals surface area (Å²) in [5, 5.41) is 0. The lowest BCUT2D eigenvalue weighted by molar-refractivity contribution is 0.294. The van der Waals surface area contributed by atoms with Crippen LogP contribution >= 0.6 is 11.8 Å². The Balaban J connectivity index is 2.26. The molecule has 0 aliphatic heterocycles. The molecule has 1 aliphatic carbocycles. The summed E-state index contributed by atoms with van der Waals surface area (Å²) in [5.41, 5.74) is 1.29. The highest BCUT2D eigenvalue weighted by atomic mass is 32.2. The number of pyridine rings is 1. The molecule has 1 saturated carbocycles. The van der Waals surface area contributed by atoms with Crippen molar-refractivity contribution in [1.82, 2.24) is 4.98 Å². The summed E-state index contributed by atoms with van der Waals surface area (Å²) in [4.78, 5) is 5.47. The minimum Gasteiger partial charge on any atom is -0.488 e. The maximum atomic E-state index is 5.81. The molecule has 1 heterocycles. The van der Waals surface area contributed by atoms with E-state index in [4.69, 9.17) is 4.74 Å². The molecule has 76 valence electrons. The van der Waals surface area contributed by atoms with Crippen molar-refractivity contribution in [2.24, 2.45) is 0 Å². The van der Waals surface area contributed by atoms with Crippen LogP contribution < -0.4 is 4.74 Å². The van der Waals surface area contributed by atoms with Crippen molar-refractivity contribution >= 4 is 11.8 Å². The van der Waals surface area contributed by atoms with E-state index in [1.807, 2.05) is 12.4 Å². The van der Waals surface area contributed by atoms with Gasteiger partial charge in [-0.1, -0.05) is 6.92 Å². The van der Waals surface area contributed by atoms with Gasteiger partial charge in [0, 0.05) is 6.20 Å². The Bertz CT molecular complexity index is 323. The average Bonchev–Trinajstić information content (AvgIpc) is 3.01. The highest BCUT2D eigenvalue weighted by Crippen LogP contribution is 2.35. The lowest BCUT2D eigenvalue weighted by Gasteiger charge is -2.11. The number of thioether (sulfide) groups is 1. The molecule has 0 bridgehead atoms. The molecule has 1 fully saturated rings. The summed E-state index contributed by atoms with van der Waals surface area (Å²) in [6.45, 7) is 2.15. The highest BCUT2D eigenvalue weighted by molar-refractivity contribution is 7.98. The molecule has 1 aromatic heterocycles. The van der Waals surface area contributed by atoms with Crippen LogP contribution in [0.15, 0.2) is 17.3 Å². The van der Waals surface area contributed by atoms with Gasteiger partial charge in [-0.3, -0.25) is 4.98 Å². The molecule has 0 amide bonds. The van der Waals surface area contributed by atoms with Crippen LogP contribution in [0.2, 0.25) is 0 Å². The van der Waals surface area contributed by atoms with Crippen LogP contribution in [-0.2, 0) is 6.42 Å². The summed E-state index contributed by atoms with van der Waals surface area (Å²) in [5.74, 6) is 0.972. The first kappa shape index (κ1) is 9.84. The molecular weight excluding hydrogens is 194 g/mol. The van der Waals surface area contributed by atoms with Crippen molar-refractivity contribution in [3.05, 3.63) is 18.0 Å². The van der Waals surface area contributed by atoms with E-state index in [1.165, 1.54) is 23.3 Å². The Morgan fingerprint density at radius 2 is 2.29 bits per heavy atom. The monoisotopic (exact) mass is 209 g/mol. The maximum absolute atomic E-state index is 5.81. The Morgan fingerprint density at radius 3 is 2.86 bits per heavy atom. The normalized spacial score (nSPS) is 15.6. The summed E-state index contributed by atoms with van der Waals surface area (Å²) in [6, 6.07) is 0. The number of rotatable bonds is 4. The van der Waals surface area contributed by atoms with Gasteiger partial charge >= 0.3 is 0 Å². The zero-order chi connectivity index (χ0) is 9.97. The molecular formula is C11H15NOS. The molecule has 1 aromatic rings. The topological polar surface area (TPSA) is 22.1 Å². The number of hydrogen-bond donors (Lipinski definition) is 0. The standard InChI is InChI=1S/C11H15NOS/c1-3-8-6-12-7-10(11(8)14-2)13-9-4-5-9/h6-7,9H,3-5H2,1-2H3. The van der Waals surface area contributed by atoms with Crippen LogP contribution in [0.5, 0.6) is 5.75 Å². The van der Waals surface area contributed by atoms with Crippen LogP contribution in [0.1, 0.15) is 25.3 Å². The predicted molar refractivity (Wildman–Crippen MR) is 59.0 cm³/mol. The van der Waals surface area contributed by atoms with Gasteiger partial charge in [0.25, 0.3) is 0 Å². The molecule has 0 saturated heterocycles. The molecule has 2 rings (SSSR count). The van der Waals surface area contributed by atoms with Crippen molar-refractivity contribution in [3.8, 4) is 5.75 Å². The minimum atomic E-state index is 0.454. The van der Waals surface area contributed by atoms with Crippen LogP contribution in [0.4, 0.5) is 0 Å². The number of aryl methyl sites for hydroxylation is 1. The van der Waals surface area contributed by atoms with Gasteiger partial charge in [-0.15, -0.1) is 11.8 Å². The van der Waals surface area contributed by atoms with E-state index in [1.54, 1.807) is 11.8 Å². The van der Waals surface area contributed by atoms with E-state index >= 15 is 0 Å². The van der Waals surface area contributed by atoms with Crippen LogP contribution in [-0.4, -0.2) is 17.3 Å². The number of nitrogens with zero attached hydrogens (tertiary/aromatic N) is 1. The largest absolute Gasteiger partial charge is 0.488 e. The molecule has 0 spiro atoms. The smallest absolute Gasteiger partial charge is 0.151 e. The van der Waals surface area contributed by atoms with E-state index in [9.17, 15) is 0 Å². The molecule has 0 N–H and O–H groups in total. The molecule has 0 aromatic carbocycles. The summed E-state index contributed by atoms with van der Waals surface area (Å²) < 4.78 is 5.81. The zero-order valence-corrected chi connectivity index (χ0v) is 9.43. The van der Waals surface area contributed by atoms with Gasteiger partial charge < -0.3 is 4.74 Å². The van der Waals surface area contributed by atoms with Gasteiger partial charge in [0.05, 0.1) is 17.2 Å². The molecule has 14 heavy (non-hydrogen) atoms. The summed E-state index contributed by atoms with van der Waals surface area (Å²) >= 11 is 1.75. The van der Waals surface area contributed by atoms with E-state index in [0.29, 0.717) is 6.10 Å². The third kappa shape index (κ3) is 2.03. The lowest BCUT2D eigenvalue weighted by atomic mass is 10.2. The van der Waals surface area contributed by atoms with E-state index in [-0.39, 0.29) is 0 Å². The molecule has 1 aliphatic rings. The zero-order valence-electron chi connectivity index (χ0n) is 8.62. The van der Waals surface area contributed by atoms with Crippen molar-refractivity contribution < 1.29 is 4.74 Å². The molecule has 3 heteroatoms. The fraction of sp³-hybridized carbons (Fsp3) is 0.545. The van der Waals surface area contributed by atoms with Gasteiger partial charge in [0.2, 0.25) is 0 Å². The second-order valence-corrected chi connectivity index (χ2v) is 4.32. The molecule has 2 nitrogen and oxygen atoms in total. The van der Waals surface area contributed by atoms with Crippen LogP contribution in [0, 0.1) is 0 Å².